The van der Waals surface area contributed by atoms with E-state index >= 15 is 0 Å². The minimum atomic E-state index is -1.12. The molecule has 1 amide bonds. The number of halogens is 1. The molecule has 0 atom stereocenters. The molecular formula is C14H11ClN2O3S. The van der Waals surface area contributed by atoms with E-state index in [1.54, 1.807) is 24.5 Å². The lowest BCUT2D eigenvalue weighted by Crippen LogP contribution is -2.16. The fourth-order valence-corrected chi connectivity index (χ4v) is 2.43. The Morgan fingerprint density at radius 2 is 1.95 bits per heavy atom. The number of pyridine rings is 1. The fraction of sp³-hybridized carbons (Fsp3) is 0.0714. The van der Waals surface area contributed by atoms with Crippen LogP contribution in [0.3, 0.4) is 0 Å². The molecule has 21 heavy (non-hydrogen) atoms. The zero-order chi connectivity index (χ0) is 15.2. The van der Waals surface area contributed by atoms with E-state index in [-0.39, 0.29) is 22.9 Å². The van der Waals surface area contributed by atoms with Gasteiger partial charge in [-0.3, -0.25) is 9.78 Å². The first-order chi connectivity index (χ1) is 10.1. The van der Waals surface area contributed by atoms with Crippen molar-refractivity contribution >= 4 is 40.9 Å². The average molecular weight is 323 g/mol. The minimum Gasteiger partial charge on any atom is -0.478 e. The zero-order valence-electron chi connectivity index (χ0n) is 10.7. The van der Waals surface area contributed by atoms with Crippen LogP contribution in [0.5, 0.6) is 0 Å². The quantitative estimate of drug-likeness (QED) is 0.827. The number of carbonyl (C=O) groups is 2. The Labute approximate surface area is 130 Å². The predicted octanol–water partition coefficient (Wildman–Crippen LogP) is 3.16. The molecule has 0 spiro atoms. The Morgan fingerprint density at radius 1 is 1.24 bits per heavy atom. The van der Waals surface area contributed by atoms with Crippen molar-refractivity contribution < 1.29 is 14.7 Å². The molecule has 1 aromatic carbocycles. The molecule has 108 valence electrons. The van der Waals surface area contributed by atoms with Gasteiger partial charge in [-0.25, -0.2) is 4.79 Å². The summed E-state index contributed by atoms with van der Waals surface area (Å²) in [6.07, 6.45) is 3.28. The van der Waals surface area contributed by atoms with Crippen LogP contribution >= 0.6 is 23.4 Å². The molecule has 0 bridgehead atoms. The lowest BCUT2D eigenvalue weighted by molar-refractivity contribution is -0.113. The highest BCUT2D eigenvalue weighted by Gasteiger charge is 2.13. The monoisotopic (exact) mass is 322 g/mol. The molecule has 5 nitrogen and oxygen atoms in total. The first-order valence-electron chi connectivity index (χ1n) is 5.92. The number of nitrogens with zero attached hydrogens (tertiary/aromatic N) is 1. The molecule has 7 heteroatoms. The first-order valence-corrected chi connectivity index (χ1v) is 7.28. The van der Waals surface area contributed by atoms with Gasteiger partial charge in [0.25, 0.3) is 0 Å². The molecule has 0 aliphatic carbocycles. The number of rotatable bonds is 5. The highest BCUT2D eigenvalue weighted by atomic mass is 35.5. The Hall–Kier alpha value is -2.05. The van der Waals surface area contributed by atoms with Gasteiger partial charge in [-0.2, -0.15) is 0 Å². The molecule has 2 rings (SSSR count). The molecule has 0 aliphatic rings. The van der Waals surface area contributed by atoms with Gasteiger partial charge >= 0.3 is 5.97 Å². The van der Waals surface area contributed by atoms with Crippen LogP contribution < -0.4 is 5.32 Å². The van der Waals surface area contributed by atoms with E-state index in [0.29, 0.717) is 5.02 Å². The molecule has 0 radical (unpaired) electrons. The predicted molar refractivity (Wildman–Crippen MR) is 82.0 cm³/mol. The third-order valence-electron chi connectivity index (χ3n) is 2.51. The molecule has 0 aliphatic heterocycles. The molecule has 2 N–H and O–H groups in total. The maximum atomic E-state index is 11.9. The number of aromatic carboxylic acids is 1. The molecule has 0 unspecified atom stereocenters. The summed E-state index contributed by atoms with van der Waals surface area (Å²) >= 11 is 7.16. The second-order valence-electron chi connectivity index (χ2n) is 4.01. The lowest BCUT2D eigenvalue weighted by atomic mass is 10.2. The van der Waals surface area contributed by atoms with Gasteiger partial charge in [-0.15, -0.1) is 11.8 Å². The van der Waals surface area contributed by atoms with E-state index in [9.17, 15) is 9.59 Å². The summed E-state index contributed by atoms with van der Waals surface area (Å²) in [6, 6.07) is 7.82. The fourth-order valence-electron chi connectivity index (χ4n) is 1.58. The van der Waals surface area contributed by atoms with Crippen molar-refractivity contribution in [2.45, 2.75) is 4.90 Å². The van der Waals surface area contributed by atoms with Gasteiger partial charge in [0.05, 0.1) is 17.0 Å². The van der Waals surface area contributed by atoms with Crippen LogP contribution in [0.1, 0.15) is 10.4 Å². The van der Waals surface area contributed by atoms with Crippen LogP contribution in [-0.4, -0.2) is 27.7 Å². The topological polar surface area (TPSA) is 79.3 Å². The van der Waals surface area contributed by atoms with E-state index in [4.69, 9.17) is 16.7 Å². The van der Waals surface area contributed by atoms with Crippen molar-refractivity contribution in [3.63, 3.8) is 0 Å². The van der Waals surface area contributed by atoms with Crippen LogP contribution in [0.2, 0.25) is 5.02 Å². The van der Waals surface area contributed by atoms with Crippen molar-refractivity contribution in [3.8, 4) is 0 Å². The van der Waals surface area contributed by atoms with Crippen molar-refractivity contribution in [1.29, 1.82) is 0 Å². The number of thioether (sulfide) groups is 1. The Balaban J connectivity index is 2.02. The number of nitrogens with one attached hydrogen (secondary N) is 1. The van der Waals surface area contributed by atoms with Gasteiger partial charge < -0.3 is 10.4 Å². The maximum absolute atomic E-state index is 11.9. The second-order valence-corrected chi connectivity index (χ2v) is 5.50. The normalized spacial score (nSPS) is 10.1. The molecule has 1 aromatic heterocycles. The van der Waals surface area contributed by atoms with Crippen LogP contribution in [0.25, 0.3) is 0 Å². The summed E-state index contributed by atoms with van der Waals surface area (Å²) < 4.78 is 0. The molecule has 2 aromatic rings. The molecule has 0 fully saturated rings. The summed E-state index contributed by atoms with van der Waals surface area (Å²) in [6.45, 7) is 0. The van der Waals surface area contributed by atoms with Gasteiger partial charge in [0.15, 0.2) is 0 Å². The van der Waals surface area contributed by atoms with Crippen LogP contribution in [0.15, 0.2) is 47.6 Å². The summed E-state index contributed by atoms with van der Waals surface area (Å²) in [4.78, 5) is 27.8. The highest BCUT2D eigenvalue weighted by Crippen LogP contribution is 2.22. The second kappa shape index (κ2) is 7.10. The molecule has 0 saturated heterocycles. The van der Waals surface area contributed by atoms with Crippen molar-refractivity contribution in [2.24, 2.45) is 0 Å². The highest BCUT2D eigenvalue weighted by molar-refractivity contribution is 8.00. The third-order valence-corrected chi connectivity index (χ3v) is 3.75. The van der Waals surface area contributed by atoms with Gasteiger partial charge in [0.2, 0.25) is 5.91 Å². The first kappa shape index (κ1) is 15.3. The zero-order valence-corrected chi connectivity index (χ0v) is 12.3. The summed E-state index contributed by atoms with van der Waals surface area (Å²) in [5, 5.41) is 12.0. The van der Waals surface area contributed by atoms with E-state index < -0.39 is 5.97 Å². The van der Waals surface area contributed by atoms with Crippen molar-refractivity contribution in [3.05, 3.63) is 53.3 Å². The Bertz CT molecular complexity index is 665. The largest absolute Gasteiger partial charge is 0.478 e. The average Bonchev–Trinajstić information content (AvgIpc) is 2.46. The number of aromatic nitrogens is 1. The van der Waals surface area contributed by atoms with Gasteiger partial charge in [0.1, 0.15) is 0 Å². The van der Waals surface area contributed by atoms with Crippen molar-refractivity contribution in [2.75, 3.05) is 11.1 Å². The third kappa shape index (κ3) is 4.47. The number of hydrogen-bond acceptors (Lipinski definition) is 4. The smallest absolute Gasteiger partial charge is 0.337 e. The van der Waals surface area contributed by atoms with Gasteiger partial charge in [-0.1, -0.05) is 11.6 Å². The Morgan fingerprint density at radius 3 is 2.62 bits per heavy atom. The molecular weight excluding hydrogens is 312 g/mol. The number of hydrogen-bond donors (Lipinski definition) is 2. The number of carbonyl (C=O) groups excluding carboxylic acids is 1. The van der Waals surface area contributed by atoms with Gasteiger partial charge in [0, 0.05) is 22.3 Å². The van der Waals surface area contributed by atoms with Crippen LogP contribution in [0, 0.1) is 0 Å². The number of benzene rings is 1. The molecule has 0 saturated carbocycles. The number of carboxylic acid groups (broad SMARTS) is 1. The lowest BCUT2D eigenvalue weighted by Gasteiger charge is -2.09. The van der Waals surface area contributed by atoms with Crippen molar-refractivity contribution in [1.82, 2.24) is 4.98 Å². The maximum Gasteiger partial charge on any atom is 0.337 e. The minimum absolute atomic E-state index is 0.00154. The van der Waals surface area contributed by atoms with E-state index in [0.717, 1.165) is 4.90 Å². The van der Waals surface area contributed by atoms with Crippen LogP contribution in [0.4, 0.5) is 5.69 Å². The molecule has 1 heterocycles. The van der Waals surface area contributed by atoms with E-state index in [1.165, 1.54) is 30.0 Å². The van der Waals surface area contributed by atoms with E-state index in [1.807, 2.05) is 0 Å². The summed E-state index contributed by atoms with van der Waals surface area (Å²) in [5.41, 5.74) is 0.192. The standard InChI is InChI=1S/C14H11ClN2O3S/c15-9-1-2-11(14(19)20)12(7-9)17-13(18)8-21-10-3-5-16-6-4-10/h1-7H,8H2,(H,17,18)(H,19,20). The SMILES string of the molecule is O=C(CSc1ccncc1)Nc1cc(Cl)ccc1C(=O)O. The van der Waals surface area contributed by atoms with E-state index in [2.05, 4.69) is 10.3 Å². The number of carboxylic acids is 1. The summed E-state index contributed by atoms with van der Waals surface area (Å²) in [7, 11) is 0. The Kier molecular flexibility index (Phi) is 5.19. The van der Waals surface area contributed by atoms with Crippen LogP contribution in [-0.2, 0) is 4.79 Å². The van der Waals surface area contributed by atoms with Gasteiger partial charge in [-0.05, 0) is 30.3 Å². The number of amides is 1. The summed E-state index contributed by atoms with van der Waals surface area (Å²) in [5.74, 6) is -1.26. The number of anilines is 1.